The number of nitrogens with one attached hydrogen (secondary N) is 1. The maximum Gasteiger partial charge on any atom is 0.129 e. The Morgan fingerprint density at radius 3 is 3.09 bits per heavy atom. The van der Waals surface area contributed by atoms with Crippen molar-refractivity contribution in [1.82, 2.24) is 4.53 Å². The van der Waals surface area contributed by atoms with Crippen molar-refractivity contribution in [2.45, 2.75) is 0 Å². The maximum absolute atomic E-state index is 5.62. The summed E-state index contributed by atoms with van der Waals surface area (Å²) in [5, 5.41) is 0. The van der Waals surface area contributed by atoms with Gasteiger partial charge in [-0.3, -0.25) is 5.43 Å². The molecular weight excluding hydrogens is 162 g/mol. The molecule has 0 unspecified atom stereocenters. The maximum atomic E-state index is 5.62. The van der Waals surface area contributed by atoms with E-state index in [9.17, 15) is 0 Å². The third-order valence-electron chi connectivity index (χ3n) is 1.43. The van der Waals surface area contributed by atoms with Crippen LogP contribution in [0.4, 0.5) is 11.4 Å². The van der Waals surface area contributed by atoms with Gasteiger partial charge >= 0.3 is 0 Å². The molecule has 1 aromatic carbocycles. The van der Waals surface area contributed by atoms with Crippen molar-refractivity contribution in [3.05, 3.63) is 24.3 Å². The fourth-order valence-electron chi connectivity index (χ4n) is 0.938. The van der Waals surface area contributed by atoms with Gasteiger partial charge in [0.2, 0.25) is 0 Å². The fraction of sp³-hybridized carbons (Fsp3) is 0. The number of fused-ring (bicyclic) bond motifs is 1. The van der Waals surface area contributed by atoms with Gasteiger partial charge in [-0.2, -0.15) is 4.53 Å². The normalized spacial score (nSPS) is 14.1. The number of hydrogen-bond donors (Lipinski definition) is 1. The Labute approximate surface area is 69.4 Å². The van der Waals surface area contributed by atoms with Gasteiger partial charge in [-0.05, 0) is 12.1 Å². The van der Waals surface area contributed by atoms with Gasteiger partial charge < -0.3 is 0 Å². The molecule has 0 aliphatic carbocycles. The largest absolute Gasteiger partial charge is 0.281 e. The standard InChI is InChI=1S/C7H6ClN3/c8-11-5-9-6-3-1-2-4-7(6)10-11/h1-5,10H. The van der Waals surface area contributed by atoms with Crippen molar-refractivity contribution >= 4 is 29.5 Å². The van der Waals surface area contributed by atoms with E-state index < -0.39 is 0 Å². The summed E-state index contributed by atoms with van der Waals surface area (Å²) < 4.78 is 1.29. The summed E-state index contributed by atoms with van der Waals surface area (Å²) in [7, 11) is 0. The van der Waals surface area contributed by atoms with Crippen molar-refractivity contribution in [2.75, 3.05) is 5.43 Å². The highest BCUT2D eigenvalue weighted by atomic mass is 35.5. The molecule has 4 heteroatoms. The van der Waals surface area contributed by atoms with Crippen LogP contribution in [0, 0.1) is 0 Å². The van der Waals surface area contributed by atoms with Crippen LogP contribution in [0.1, 0.15) is 0 Å². The fourth-order valence-corrected chi connectivity index (χ4v) is 1.07. The Balaban J connectivity index is 2.46. The number of halogens is 1. The summed E-state index contributed by atoms with van der Waals surface area (Å²) in [6, 6.07) is 7.70. The third-order valence-corrected chi connectivity index (χ3v) is 1.60. The SMILES string of the molecule is ClN1C=Nc2ccccc2N1. The molecule has 1 aliphatic rings. The van der Waals surface area contributed by atoms with Crippen LogP contribution >= 0.6 is 11.8 Å². The van der Waals surface area contributed by atoms with Crippen LogP contribution < -0.4 is 5.43 Å². The lowest BCUT2D eigenvalue weighted by Gasteiger charge is -2.18. The van der Waals surface area contributed by atoms with E-state index in [1.54, 1.807) is 0 Å². The molecular formula is C7H6ClN3. The van der Waals surface area contributed by atoms with Gasteiger partial charge in [-0.15, -0.1) is 0 Å². The van der Waals surface area contributed by atoms with Crippen LogP contribution in [0.15, 0.2) is 29.3 Å². The van der Waals surface area contributed by atoms with Crippen LogP contribution in [0.5, 0.6) is 0 Å². The van der Waals surface area contributed by atoms with Gasteiger partial charge in [-0.25, -0.2) is 4.99 Å². The van der Waals surface area contributed by atoms with Crippen LogP contribution in [-0.4, -0.2) is 10.9 Å². The van der Waals surface area contributed by atoms with Gasteiger partial charge in [0.1, 0.15) is 6.34 Å². The van der Waals surface area contributed by atoms with Gasteiger partial charge in [0, 0.05) is 11.8 Å². The molecule has 0 amide bonds. The minimum Gasteiger partial charge on any atom is -0.281 e. The van der Waals surface area contributed by atoms with E-state index in [-0.39, 0.29) is 0 Å². The molecule has 2 rings (SSSR count). The molecule has 1 heterocycles. The Hall–Kier alpha value is -1.22. The van der Waals surface area contributed by atoms with E-state index in [1.165, 1.54) is 10.9 Å². The molecule has 0 spiro atoms. The van der Waals surface area contributed by atoms with Crippen molar-refractivity contribution in [1.29, 1.82) is 0 Å². The lowest BCUT2D eigenvalue weighted by atomic mass is 10.3. The minimum atomic E-state index is 0.907. The molecule has 56 valence electrons. The molecule has 0 bridgehead atoms. The number of anilines is 1. The molecule has 3 nitrogen and oxygen atoms in total. The molecule has 0 saturated heterocycles. The average Bonchev–Trinajstić information content (AvgIpc) is 2.04. The Kier molecular flexibility index (Phi) is 1.43. The van der Waals surface area contributed by atoms with Crippen LogP contribution in [0.2, 0.25) is 0 Å². The van der Waals surface area contributed by atoms with Crippen molar-refractivity contribution in [2.24, 2.45) is 4.99 Å². The van der Waals surface area contributed by atoms with Crippen LogP contribution in [0.3, 0.4) is 0 Å². The van der Waals surface area contributed by atoms with Crippen LogP contribution in [-0.2, 0) is 0 Å². The van der Waals surface area contributed by atoms with Crippen molar-refractivity contribution < 1.29 is 0 Å². The molecule has 11 heavy (non-hydrogen) atoms. The van der Waals surface area contributed by atoms with E-state index in [1.807, 2.05) is 24.3 Å². The Morgan fingerprint density at radius 1 is 1.36 bits per heavy atom. The van der Waals surface area contributed by atoms with E-state index in [0.717, 1.165) is 11.4 Å². The lowest BCUT2D eigenvalue weighted by Crippen LogP contribution is -2.20. The summed E-state index contributed by atoms with van der Waals surface area (Å²) in [5.41, 5.74) is 4.74. The molecule has 0 aromatic heterocycles. The smallest absolute Gasteiger partial charge is 0.129 e. The summed E-state index contributed by atoms with van der Waals surface area (Å²) in [4.78, 5) is 4.08. The monoisotopic (exact) mass is 167 g/mol. The van der Waals surface area contributed by atoms with Crippen molar-refractivity contribution in [3.8, 4) is 0 Å². The van der Waals surface area contributed by atoms with E-state index in [4.69, 9.17) is 11.8 Å². The number of para-hydroxylation sites is 2. The van der Waals surface area contributed by atoms with E-state index in [2.05, 4.69) is 10.4 Å². The predicted octanol–water partition coefficient (Wildman–Crippen LogP) is 2.14. The number of nitrogens with zero attached hydrogens (tertiary/aromatic N) is 2. The summed E-state index contributed by atoms with van der Waals surface area (Å²) >= 11 is 5.62. The second-order valence-electron chi connectivity index (χ2n) is 2.18. The van der Waals surface area contributed by atoms with Gasteiger partial charge in [0.25, 0.3) is 0 Å². The first-order chi connectivity index (χ1) is 5.36. The molecule has 1 N–H and O–H groups in total. The summed E-state index contributed by atoms with van der Waals surface area (Å²) in [6.45, 7) is 0. The first-order valence-corrected chi connectivity index (χ1v) is 3.55. The quantitative estimate of drug-likeness (QED) is 0.600. The minimum absolute atomic E-state index is 0.907. The number of hydrogen-bond acceptors (Lipinski definition) is 3. The number of benzene rings is 1. The lowest BCUT2D eigenvalue weighted by molar-refractivity contribution is 0.810. The zero-order valence-electron chi connectivity index (χ0n) is 5.66. The topological polar surface area (TPSA) is 27.6 Å². The van der Waals surface area contributed by atoms with E-state index >= 15 is 0 Å². The predicted molar refractivity (Wildman–Crippen MR) is 45.9 cm³/mol. The molecule has 1 aromatic rings. The Bertz CT molecular complexity index is 297. The highest BCUT2D eigenvalue weighted by Crippen LogP contribution is 2.27. The Morgan fingerprint density at radius 2 is 2.18 bits per heavy atom. The highest BCUT2D eigenvalue weighted by molar-refractivity contribution is 6.20. The first kappa shape index (κ1) is 6.49. The summed E-state index contributed by atoms with van der Waals surface area (Å²) in [5.74, 6) is 0. The highest BCUT2D eigenvalue weighted by Gasteiger charge is 2.06. The second kappa shape index (κ2) is 2.43. The van der Waals surface area contributed by atoms with Gasteiger partial charge in [0.15, 0.2) is 0 Å². The molecule has 0 atom stereocenters. The first-order valence-electron chi connectivity index (χ1n) is 3.21. The number of rotatable bonds is 0. The number of hydrazine groups is 1. The molecule has 0 radical (unpaired) electrons. The van der Waals surface area contributed by atoms with Gasteiger partial charge in [-0.1, -0.05) is 12.1 Å². The number of aliphatic imine (C=N–C) groups is 1. The van der Waals surface area contributed by atoms with E-state index in [0.29, 0.717) is 0 Å². The summed E-state index contributed by atoms with van der Waals surface area (Å²) in [6.07, 6.45) is 1.52. The molecule has 1 aliphatic heterocycles. The second-order valence-corrected chi connectivity index (χ2v) is 2.55. The zero-order chi connectivity index (χ0) is 7.68. The molecule has 0 saturated carbocycles. The average molecular weight is 168 g/mol. The third kappa shape index (κ3) is 1.14. The van der Waals surface area contributed by atoms with Crippen LogP contribution in [0.25, 0.3) is 0 Å². The van der Waals surface area contributed by atoms with Gasteiger partial charge in [0.05, 0.1) is 11.4 Å². The molecule has 0 fully saturated rings. The van der Waals surface area contributed by atoms with Crippen molar-refractivity contribution in [3.63, 3.8) is 0 Å². The zero-order valence-corrected chi connectivity index (χ0v) is 6.42.